The highest BCUT2D eigenvalue weighted by atomic mass is 19.1. The van der Waals surface area contributed by atoms with E-state index in [1.165, 1.54) is 25.0 Å². The molecule has 1 unspecified atom stereocenters. The van der Waals surface area contributed by atoms with Gasteiger partial charge in [-0.3, -0.25) is 4.79 Å². The first kappa shape index (κ1) is 16.0. The molecular formula is C19H21FN4O. The van der Waals surface area contributed by atoms with Gasteiger partial charge in [0.1, 0.15) is 5.82 Å². The molecule has 2 aliphatic rings. The van der Waals surface area contributed by atoms with Crippen LogP contribution < -0.4 is 4.90 Å². The molecule has 2 fully saturated rings. The van der Waals surface area contributed by atoms with Crippen molar-refractivity contribution in [3.05, 3.63) is 53.5 Å². The number of benzene rings is 1. The molecule has 1 aromatic heterocycles. The second kappa shape index (κ2) is 6.78. The second-order valence-electron chi connectivity index (χ2n) is 6.68. The molecule has 2 aromatic rings. The van der Waals surface area contributed by atoms with Crippen molar-refractivity contribution in [3.63, 3.8) is 0 Å². The van der Waals surface area contributed by atoms with E-state index in [0.717, 1.165) is 37.3 Å². The van der Waals surface area contributed by atoms with Crippen LogP contribution in [0.25, 0.3) is 0 Å². The van der Waals surface area contributed by atoms with Gasteiger partial charge in [-0.2, -0.15) is 0 Å². The molecule has 2 aliphatic heterocycles. The first-order valence-corrected chi connectivity index (χ1v) is 8.87. The maximum absolute atomic E-state index is 13.5. The molecule has 6 heteroatoms. The fraction of sp³-hybridized carbons (Fsp3) is 0.421. The molecule has 0 aliphatic carbocycles. The lowest BCUT2D eigenvalue weighted by Crippen LogP contribution is -2.31. The van der Waals surface area contributed by atoms with E-state index in [-0.39, 0.29) is 17.8 Å². The van der Waals surface area contributed by atoms with Gasteiger partial charge in [-0.1, -0.05) is 12.1 Å². The van der Waals surface area contributed by atoms with Gasteiger partial charge in [0.2, 0.25) is 0 Å². The van der Waals surface area contributed by atoms with E-state index in [4.69, 9.17) is 0 Å². The van der Waals surface area contributed by atoms with Crippen LogP contribution in [0.5, 0.6) is 0 Å². The summed E-state index contributed by atoms with van der Waals surface area (Å²) in [6, 6.07) is 10.0. The minimum atomic E-state index is -0.272. The Bertz CT molecular complexity index is 758. The van der Waals surface area contributed by atoms with Gasteiger partial charge in [0.25, 0.3) is 5.91 Å². The standard InChI is InChI=1S/C19H21FN4O/c20-15-6-3-5-14(13-15)17-7-4-12-24(17)19(25)16-8-9-18(22-21-16)23-10-1-2-11-23/h3,5-6,8-9,13,17H,1-2,4,7,10-12H2. The fourth-order valence-electron chi connectivity index (χ4n) is 3.77. The average Bonchev–Trinajstić information content (AvgIpc) is 3.33. The van der Waals surface area contributed by atoms with Gasteiger partial charge in [-0.05, 0) is 55.5 Å². The number of halogens is 1. The summed E-state index contributed by atoms with van der Waals surface area (Å²) in [7, 11) is 0. The molecular weight excluding hydrogens is 319 g/mol. The fourth-order valence-corrected chi connectivity index (χ4v) is 3.77. The average molecular weight is 340 g/mol. The van der Waals surface area contributed by atoms with Gasteiger partial charge in [0, 0.05) is 19.6 Å². The summed E-state index contributed by atoms with van der Waals surface area (Å²) in [6.07, 6.45) is 4.09. The predicted octanol–water partition coefficient (Wildman–Crippen LogP) is 3.19. The molecule has 3 heterocycles. The zero-order valence-corrected chi connectivity index (χ0v) is 14.1. The van der Waals surface area contributed by atoms with E-state index >= 15 is 0 Å². The molecule has 1 atom stereocenters. The summed E-state index contributed by atoms with van der Waals surface area (Å²) in [6.45, 7) is 2.65. The molecule has 0 N–H and O–H groups in total. The maximum atomic E-state index is 13.5. The number of aromatic nitrogens is 2. The third-order valence-electron chi connectivity index (χ3n) is 5.05. The number of hydrogen-bond acceptors (Lipinski definition) is 4. The minimum absolute atomic E-state index is 0.0942. The normalized spacial score (nSPS) is 20.3. The Kier molecular flexibility index (Phi) is 4.34. The van der Waals surface area contributed by atoms with Crippen LogP contribution in [0.4, 0.5) is 10.2 Å². The summed E-state index contributed by atoms with van der Waals surface area (Å²) in [4.78, 5) is 16.8. The number of hydrogen-bond donors (Lipinski definition) is 0. The zero-order valence-electron chi connectivity index (χ0n) is 14.1. The monoisotopic (exact) mass is 340 g/mol. The first-order valence-electron chi connectivity index (χ1n) is 8.87. The van der Waals surface area contributed by atoms with Gasteiger partial charge in [-0.15, -0.1) is 10.2 Å². The maximum Gasteiger partial charge on any atom is 0.274 e. The largest absolute Gasteiger partial charge is 0.355 e. The summed E-state index contributed by atoms with van der Waals surface area (Å²) in [5.41, 5.74) is 1.19. The molecule has 2 saturated heterocycles. The molecule has 5 nitrogen and oxygen atoms in total. The third kappa shape index (κ3) is 3.21. The highest BCUT2D eigenvalue weighted by Gasteiger charge is 2.31. The lowest BCUT2D eigenvalue weighted by molar-refractivity contribution is 0.0728. The Morgan fingerprint density at radius 3 is 2.60 bits per heavy atom. The molecule has 0 saturated carbocycles. The third-order valence-corrected chi connectivity index (χ3v) is 5.05. The van der Waals surface area contributed by atoms with Crippen LogP contribution in [-0.4, -0.2) is 40.6 Å². The molecule has 4 rings (SSSR count). The van der Waals surface area contributed by atoms with Crippen molar-refractivity contribution in [1.82, 2.24) is 15.1 Å². The quantitative estimate of drug-likeness (QED) is 0.861. The molecule has 130 valence electrons. The summed E-state index contributed by atoms with van der Waals surface area (Å²) < 4.78 is 13.5. The number of rotatable bonds is 3. The molecule has 0 bridgehead atoms. The summed E-state index contributed by atoms with van der Waals surface area (Å²) >= 11 is 0. The number of carbonyl (C=O) groups excluding carboxylic acids is 1. The number of amides is 1. The molecule has 0 radical (unpaired) electrons. The van der Waals surface area contributed by atoms with E-state index in [9.17, 15) is 9.18 Å². The number of likely N-dealkylation sites (tertiary alicyclic amines) is 1. The Balaban J connectivity index is 1.53. The van der Waals surface area contributed by atoms with Crippen molar-refractivity contribution in [1.29, 1.82) is 0 Å². The van der Waals surface area contributed by atoms with Gasteiger partial charge in [0.05, 0.1) is 6.04 Å². The topological polar surface area (TPSA) is 49.3 Å². The van der Waals surface area contributed by atoms with Crippen LogP contribution in [0.1, 0.15) is 47.8 Å². The van der Waals surface area contributed by atoms with Crippen molar-refractivity contribution >= 4 is 11.7 Å². The van der Waals surface area contributed by atoms with Gasteiger partial charge < -0.3 is 9.80 Å². The van der Waals surface area contributed by atoms with Crippen molar-refractivity contribution < 1.29 is 9.18 Å². The van der Waals surface area contributed by atoms with Crippen LogP contribution >= 0.6 is 0 Å². The lowest BCUT2D eigenvalue weighted by Gasteiger charge is -2.25. The molecule has 1 aromatic carbocycles. The number of anilines is 1. The van der Waals surface area contributed by atoms with E-state index in [1.807, 2.05) is 12.1 Å². The smallest absolute Gasteiger partial charge is 0.274 e. The van der Waals surface area contributed by atoms with Crippen LogP contribution in [0.15, 0.2) is 36.4 Å². The van der Waals surface area contributed by atoms with E-state index in [1.54, 1.807) is 17.0 Å². The highest BCUT2D eigenvalue weighted by molar-refractivity contribution is 5.92. The predicted molar refractivity (Wildman–Crippen MR) is 92.9 cm³/mol. The van der Waals surface area contributed by atoms with Crippen molar-refractivity contribution in [2.75, 3.05) is 24.5 Å². The van der Waals surface area contributed by atoms with Crippen LogP contribution in [-0.2, 0) is 0 Å². The van der Waals surface area contributed by atoms with Crippen molar-refractivity contribution in [3.8, 4) is 0 Å². The lowest BCUT2D eigenvalue weighted by atomic mass is 10.0. The van der Waals surface area contributed by atoms with Crippen LogP contribution in [0, 0.1) is 5.82 Å². The molecule has 1 amide bonds. The number of carbonyl (C=O) groups is 1. The minimum Gasteiger partial charge on any atom is -0.355 e. The van der Waals surface area contributed by atoms with Crippen LogP contribution in [0.2, 0.25) is 0 Å². The van der Waals surface area contributed by atoms with E-state index in [2.05, 4.69) is 15.1 Å². The first-order chi connectivity index (χ1) is 12.2. The molecule has 25 heavy (non-hydrogen) atoms. The van der Waals surface area contributed by atoms with Crippen molar-refractivity contribution in [2.45, 2.75) is 31.7 Å². The number of nitrogens with zero attached hydrogens (tertiary/aromatic N) is 4. The van der Waals surface area contributed by atoms with Gasteiger partial charge in [0.15, 0.2) is 11.5 Å². The molecule has 0 spiro atoms. The summed E-state index contributed by atoms with van der Waals surface area (Å²) in [5, 5.41) is 8.39. The van der Waals surface area contributed by atoms with E-state index < -0.39 is 0 Å². The van der Waals surface area contributed by atoms with E-state index in [0.29, 0.717) is 12.2 Å². The zero-order chi connectivity index (χ0) is 17.2. The van der Waals surface area contributed by atoms with Crippen molar-refractivity contribution in [2.24, 2.45) is 0 Å². The Morgan fingerprint density at radius 1 is 1.04 bits per heavy atom. The van der Waals surface area contributed by atoms with Gasteiger partial charge >= 0.3 is 0 Å². The SMILES string of the molecule is O=C(c1ccc(N2CCCC2)nn1)N1CCCC1c1cccc(F)c1. The highest BCUT2D eigenvalue weighted by Crippen LogP contribution is 2.33. The van der Waals surface area contributed by atoms with Gasteiger partial charge in [-0.25, -0.2) is 4.39 Å². The Hall–Kier alpha value is -2.50. The Morgan fingerprint density at radius 2 is 1.88 bits per heavy atom. The summed E-state index contributed by atoms with van der Waals surface area (Å²) in [5.74, 6) is 0.427. The van der Waals surface area contributed by atoms with Crippen LogP contribution in [0.3, 0.4) is 0 Å². The Labute approximate surface area is 146 Å². The second-order valence-corrected chi connectivity index (χ2v) is 6.68.